The first-order valence-electron chi connectivity index (χ1n) is 9.54. The minimum Gasteiger partial charge on any atom is -0.462 e. The molecule has 3 N–H and O–H groups in total. The highest BCUT2D eigenvalue weighted by molar-refractivity contribution is 7.86. The highest BCUT2D eigenvalue weighted by Crippen LogP contribution is 2.36. The quantitative estimate of drug-likeness (QED) is 0.577. The highest BCUT2D eigenvalue weighted by atomic mass is 35.5. The van der Waals surface area contributed by atoms with Crippen LogP contribution in [0.4, 0.5) is 5.69 Å². The number of carbonyl (C=O) groups is 2. The van der Waals surface area contributed by atoms with Gasteiger partial charge in [-0.25, -0.2) is 9.93 Å². The number of piperazine rings is 1. The van der Waals surface area contributed by atoms with E-state index in [9.17, 15) is 18.0 Å². The molecule has 1 aliphatic heterocycles. The first-order valence-corrected chi connectivity index (χ1v) is 12.2. The third-order valence-electron chi connectivity index (χ3n) is 4.65. The first-order chi connectivity index (χ1) is 14.7. The topological polar surface area (TPSA) is 122 Å². The van der Waals surface area contributed by atoms with Gasteiger partial charge in [0, 0.05) is 36.1 Å². The van der Waals surface area contributed by atoms with Crippen LogP contribution < -0.4 is 10.5 Å². The normalized spacial score (nSPS) is 15.6. The van der Waals surface area contributed by atoms with Crippen LogP contribution >= 0.6 is 22.9 Å². The van der Waals surface area contributed by atoms with E-state index < -0.39 is 16.2 Å². The summed E-state index contributed by atoms with van der Waals surface area (Å²) in [7, 11) is -3.73. The molecule has 168 valence electrons. The third kappa shape index (κ3) is 6.25. The largest absolute Gasteiger partial charge is 0.462 e. The van der Waals surface area contributed by atoms with Crippen molar-refractivity contribution >= 4 is 50.7 Å². The van der Waals surface area contributed by atoms with E-state index in [1.54, 1.807) is 25.1 Å². The number of ether oxygens (including phenoxy) is 1. The van der Waals surface area contributed by atoms with E-state index in [0.717, 1.165) is 10.4 Å². The lowest BCUT2D eigenvalue weighted by Gasteiger charge is -2.32. The molecule has 0 bridgehead atoms. The zero-order valence-electron chi connectivity index (χ0n) is 16.8. The van der Waals surface area contributed by atoms with Gasteiger partial charge in [0.2, 0.25) is 5.91 Å². The van der Waals surface area contributed by atoms with Crippen LogP contribution in [0.15, 0.2) is 30.3 Å². The van der Waals surface area contributed by atoms with Gasteiger partial charge in [-0.1, -0.05) is 23.7 Å². The maximum atomic E-state index is 12.6. The Morgan fingerprint density at radius 2 is 1.84 bits per heavy atom. The standard InChI is InChI=1S/C19H23ClN4O5S2/c1-2-29-19(26)18-15(11-16(30-18)13-3-5-14(20)6-4-13)22-17(25)12-23-7-9-24(10-8-23)31(21,27)28/h3-6,11H,2,7-10,12H2,1H3,(H,22,25)(H2,21,27,28). The lowest BCUT2D eigenvalue weighted by molar-refractivity contribution is -0.117. The number of nitrogens with two attached hydrogens (primary N) is 1. The Labute approximate surface area is 189 Å². The molecule has 0 atom stereocenters. The van der Waals surface area contributed by atoms with Crippen LogP contribution in [-0.2, 0) is 19.7 Å². The Balaban J connectivity index is 1.71. The fourth-order valence-electron chi connectivity index (χ4n) is 3.12. The van der Waals surface area contributed by atoms with E-state index in [4.69, 9.17) is 21.5 Å². The summed E-state index contributed by atoms with van der Waals surface area (Å²) in [5.74, 6) is -0.820. The zero-order valence-corrected chi connectivity index (χ0v) is 19.2. The Morgan fingerprint density at radius 1 is 1.19 bits per heavy atom. The summed E-state index contributed by atoms with van der Waals surface area (Å²) < 4.78 is 29.1. The number of esters is 1. The number of hydrogen-bond acceptors (Lipinski definition) is 7. The summed E-state index contributed by atoms with van der Waals surface area (Å²) >= 11 is 7.17. The second-order valence-electron chi connectivity index (χ2n) is 6.85. The molecule has 0 spiro atoms. The molecule has 0 radical (unpaired) electrons. The van der Waals surface area contributed by atoms with Crippen molar-refractivity contribution in [2.45, 2.75) is 6.92 Å². The van der Waals surface area contributed by atoms with Crippen LogP contribution in [0.1, 0.15) is 16.6 Å². The van der Waals surface area contributed by atoms with Gasteiger partial charge in [-0.2, -0.15) is 12.7 Å². The van der Waals surface area contributed by atoms with Gasteiger partial charge in [-0.05, 0) is 30.7 Å². The molecule has 2 aromatic rings. The Bertz CT molecular complexity index is 1050. The van der Waals surface area contributed by atoms with Crippen molar-refractivity contribution in [3.8, 4) is 10.4 Å². The average molecular weight is 487 g/mol. The molecular formula is C19H23ClN4O5S2. The minimum absolute atomic E-state index is 0.0624. The summed E-state index contributed by atoms with van der Waals surface area (Å²) in [5, 5.41) is 8.52. The Morgan fingerprint density at radius 3 is 2.42 bits per heavy atom. The SMILES string of the molecule is CCOC(=O)c1sc(-c2ccc(Cl)cc2)cc1NC(=O)CN1CCN(S(N)(=O)=O)CC1. The molecule has 1 aliphatic rings. The van der Waals surface area contributed by atoms with E-state index in [1.807, 2.05) is 17.0 Å². The number of amides is 1. The number of halogens is 1. The average Bonchev–Trinajstić information content (AvgIpc) is 3.12. The van der Waals surface area contributed by atoms with Crippen LogP contribution in [-0.4, -0.2) is 68.8 Å². The molecule has 1 saturated heterocycles. The van der Waals surface area contributed by atoms with E-state index in [0.29, 0.717) is 28.7 Å². The molecule has 0 unspecified atom stereocenters. The van der Waals surface area contributed by atoms with Crippen LogP contribution in [0.25, 0.3) is 10.4 Å². The number of thiophene rings is 1. The smallest absolute Gasteiger partial charge is 0.350 e. The predicted octanol–water partition coefficient (Wildman–Crippen LogP) is 2.00. The fraction of sp³-hybridized carbons (Fsp3) is 0.368. The monoisotopic (exact) mass is 486 g/mol. The number of anilines is 1. The molecule has 3 rings (SSSR count). The van der Waals surface area contributed by atoms with Gasteiger partial charge in [0.25, 0.3) is 10.2 Å². The lowest BCUT2D eigenvalue weighted by atomic mass is 10.2. The number of benzene rings is 1. The lowest BCUT2D eigenvalue weighted by Crippen LogP contribution is -2.52. The van der Waals surface area contributed by atoms with E-state index in [1.165, 1.54) is 15.6 Å². The molecule has 1 amide bonds. The van der Waals surface area contributed by atoms with Crippen molar-refractivity contribution in [3.05, 3.63) is 40.2 Å². The third-order valence-corrected chi connectivity index (χ3v) is 7.16. The minimum atomic E-state index is -3.73. The first kappa shape index (κ1) is 23.6. The summed E-state index contributed by atoms with van der Waals surface area (Å²) in [4.78, 5) is 27.9. The number of nitrogens with one attached hydrogen (secondary N) is 1. The number of nitrogens with zero attached hydrogens (tertiary/aromatic N) is 2. The van der Waals surface area contributed by atoms with Crippen LogP contribution in [0.2, 0.25) is 5.02 Å². The summed E-state index contributed by atoms with van der Waals surface area (Å²) in [5.41, 5.74) is 1.24. The van der Waals surface area contributed by atoms with Crippen LogP contribution in [0, 0.1) is 0 Å². The molecular weight excluding hydrogens is 464 g/mol. The summed E-state index contributed by atoms with van der Waals surface area (Å²) in [6, 6.07) is 8.90. The van der Waals surface area contributed by atoms with Crippen molar-refractivity contribution < 1.29 is 22.7 Å². The van der Waals surface area contributed by atoms with E-state index >= 15 is 0 Å². The van der Waals surface area contributed by atoms with Crippen molar-refractivity contribution in [2.75, 3.05) is 44.6 Å². The van der Waals surface area contributed by atoms with E-state index in [2.05, 4.69) is 5.32 Å². The van der Waals surface area contributed by atoms with Crippen molar-refractivity contribution in [3.63, 3.8) is 0 Å². The van der Waals surface area contributed by atoms with Crippen LogP contribution in [0.3, 0.4) is 0 Å². The fourth-order valence-corrected chi connectivity index (χ4v) is 4.93. The maximum absolute atomic E-state index is 12.6. The highest BCUT2D eigenvalue weighted by Gasteiger charge is 2.26. The Hall–Kier alpha value is -2.02. The van der Waals surface area contributed by atoms with Gasteiger partial charge in [0.1, 0.15) is 4.88 Å². The predicted molar refractivity (Wildman–Crippen MR) is 120 cm³/mol. The van der Waals surface area contributed by atoms with Gasteiger partial charge in [-0.3, -0.25) is 9.69 Å². The molecule has 1 aromatic heterocycles. The number of rotatable bonds is 7. The van der Waals surface area contributed by atoms with Gasteiger partial charge >= 0.3 is 5.97 Å². The molecule has 31 heavy (non-hydrogen) atoms. The second-order valence-corrected chi connectivity index (χ2v) is 9.88. The second kappa shape index (κ2) is 10.1. The molecule has 0 aliphatic carbocycles. The molecule has 12 heteroatoms. The molecule has 0 saturated carbocycles. The number of carbonyl (C=O) groups excluding carboxylic acids is 2. The number of hydrogen-bond donors (Lipinski definition) is 2. The van der Waals surface area contributed by atoms with E-state index in [-0.39, 0.29) is 32.1 Å². The summed E-state index contributed by atoms with van der Waals surface area (Å²) in [6.07, 6.45) is 0. The Kier molecular flexibility index (Phi) is 7.68. The van der Waals surface area contributed by atoms with Gasteiger partial charge in [0.15, 0.2) is 0 Å². The molecule has 1 aromatic carbocycles. The summed E-state index contributed by atoms with van der Waals surface area (Å²) in [6.45, 7) is 3.20. The molecule has 9 nitrogen and oxygen atoms in total. The zero-order chi connectivity index (χ0) is 22.6. The molecule has 1 fully saturated rings. The maximum Gasteiger partial charge on any atom is 0.350 e. The van der Waals surface area contributed by atoms with Gasteiger partial charge in [0.05, 0.1) is 18.8 Å². The van der Waals surface area contributed by atoms with Crippen molar-refractivity contribution in [1.29, 1.82) is 0 Å². The van der Waals surface area contributed by atoms with Crippen molar-refractivity contribution in [1.82, 2.24) is 9.21 Å². The van der Waals surface area contributed by atoms with Crippen LogP contribution in [0.5, 0.6) is 0 Å². The van der Waals surface area contributed by atoms with Gasteiger partial charge in [-0.15, -0.1) is 11.3 Å². The van der Waals surface area contributed by atoms with Crippen molar-refractivity contribution in [2.24, 2.45) is 5.14 Å². The molecule has 2 heterocycles. The van der Waals surface area contributed by atoms with Gasteiger partial charge < -0.3 is 10.1 Å².